The van der Waals surface area contributed by atoms with Gasteiger partial charge in [-0.3, -0.25) is 0 Å². The number of carboxylic acids is 1. The molecule has 0 aliphatic rings. The number of carbonyl (C=O) groups is 1. The van der Waals surface area contributed by atoms with Crippen LogP contribution >= 0.6 is 23.5 Å². The molecule has 0 aliphatic heterocycles. The third kappa shape index (κ3) is 4.57. The number of thioether (sulfide) groups is 2. The van der Waals surface area contributed by atoms with Crippen LogP contribution in [-0.4, -0.2) is 33.8 Å². The molecule has 3 aromatic carbocycles. The summed E-state index contributed by atoms with van der Waals surface area (Å²) in [4.78, 5) is 13.1. The van der Waals surface area contributed by atoms with E-state index in [2.05, 4.69) is 24.3 Å². The van der Waals surface area contributed by atoms with Gasteiger partial charge in [0.2, 0.25) is 0 Å². The Morgan fingerprint density at radius 3 is 2.24 bits per heavy atom. The third-order valence-corrected chi connectivity index (χ3v) is 6.17. The second kappa shape index (κ2) is 8.43. The van der Waals surface area contributed by atoms with E-state index >= 15 is 0 Å². The molecule has 2 N–H and O–H groups in total. The first-order chi connectivity index (χ1) is 12.1. The number of rotatable bonds is 7. The predicted octanol–water partition coefficient (Wildman–Crippen LogP) is 4.78. The fraction of sp³-hybridized carbons (Fsp3) is 0.150. The summed E-state index contributed by atoms with van der Waals surface area (Å²) in [5.74, 6) is 0.0842. The number of hydrogen-bond donors (Lipinski definition) is 2. The van der Waals surface area contributed by atoms with Crippen molar-refractivity contribution in [3.05, 3.63) is 72.3 Å². The lowest BCUT2D eigenvalue weighted by molar-refractivity contribution is 0.0693. The molecule has 25 heavy (non-hydrogen) atoms. The third-order valence-electron chi connectivity index (χ3n) is 3.73. The van der Waals surface area contributed by atoms with Crippen LogP contribution in [0.3, 0.4) is 0 Å². The Morgan fingerprint density at radius 1 is 0.840 bits per heavy atom. The summed E-state index contributed by atoms with van der Waals surface area (Å²) in [5, 5.41) is 21.9. The van der Waals surface area contributed by atoms with E-state index in [-0.39, 0.29) is 5.56 Å². The van der Waals surface area contributed by atoms with Crippen molar-refractivity contribution in [2.24, 2.45) is 0 Å². The Kier molecular flexibility index (Phi) is 6.02. The van der Waals surface area contributed by atoms with E-state index < -0.39 is 12.1 Å². The zero-order valence-corrected chi connectivity index (χ0v) is 15.1. The minimum atomic E-state index is -0.942. The Balaban J connectivity index is 1.60. The van der Waals surface area contributed by atoms with Gasteiger partial charge in [-0.25, -0.2) is 4.79 Å². The smallest absolute Gasteiger partial charge is 0.336 e. The highest BCUT2D eigenvalue weighted by Gasteiger charge is 2.12. The molecule has 0 saturated carbocycles. The molecule has 0 radical (unpaired) electrons. The number of aromatic carboxylic acids is 1. The normalized spacial score (nSPS) is 12.2. The van der Waals surface area contributed by atoms with Crippen molar-refractivity contribution in [1.29, 1.82) is 0 Å². The Bertz CT molecular complexity index is 874. The highest BCUT2D eigenvalue weighted by molar-refractivity contribution is 8.00. The molecule has 0 bridgehead atoms. The second-order valence-electron chi connectivity index (χ2n) is 5.55. The van der Waals surface area contributed by atoms with E-state index in [1.54, 1.807) is 30.0 Å². The monoisotopic (exact) mass is 370 g/mol. The summed E-state index contributed by atoms with van der Waals surface area (Å²) in [6.07, 6.45) is -0.518. The number of carboxylic acid groups (broad SMARTS) is 1. The van der Waals surface area contributed by atoms with E-state index in [4.69, 9.17) is 0 Å². The first-order valence-electron chi connectivity index (χ1n) is 7.89. The number of benzene rings is 3. The van der Waals surface area contributed by atoms with Crippen LogP contribution in [0.5, 0.6) is 0 Å². The molecular formula is C20H18O3S2. The lowest BCUT2D eigenvalue weighted by atomic mass is 10.1. The average Bonchev–Trinajstić information content (AvgIpc) is 2.64. The SMILES string of the molecule is O=C(O)c1ccccc1SCC(O)CSc1cccc2ccccc12. The summed E-state index contributed by atoms with van der Waals surface area (Å²) in [5.41, 5.74) is 0.279. The molecule has 0 aromatic heterocycles. The molecule has 1 unspecified atom stereocenters. The first-order valence-corrected chi connectivity index (χ1v) is 9.86. The Labute approximate surface area is 155 Å². The summed E-state index contributed by atoms with van der Waals surface area (Å²) >= 11 is 3.00. The number of hydrogen-bond acceptors (Lipinski definition) is 4. The quantitative estimate of drug-likeness (QED) is 0.586. The van der Waals surface area contributed by atoms with Crippen LogP contribution in [0.2, 0.25) is 0 Å². The number of fused-ring (bicyclic) bond motifs is 1. The molecule has 0 aliphatic carbocycles. The maximum Gasteiger partial charge on any atom is 0.336 e. The fourth-order valence-corrected chi connectivity index (χ4v) is 4.64. The Morgan fingerprint density at radius 2 is 1.44 bits per heavy atom. The van der Waals surface area contributed by atoms with E-state index in [0.29, 0.717) is 16.4 Å². The molecule has 0 spiro atoms. The molecule has 3 rings (SSSR count). The van der Waals surface area contributed by atoms with Gasteiger partial charge in [0, 0.05) is 21.3 Å². The van der Waals surface area contributed by atoms with Crippen LogP contribution in [0.15, 0.2) is 76.5 Å². The lowest BCUT2D eigenvalue weighted by Gasteiger charge is -2.12. The Hall–Kier alpha value is -1.95. The van der Waals surface area contributed by atoms with Crippen molar-refractivity contribution in [3.8, 4) is 0 Å². The van der Waals surface area contributed by atoms with Gasteiger partial charge in [-0.2, -0.15) is 0 Å². The van der Waals surface area contributed by atoms with Crippen LogP contribution in [-0.2, 0) is 0 Å². The molecule has 0 saturated heterocycles. The summed E-state index contributed by atoms with van der Waals surface area (Å²) in [6, 6.07) is 21.2. The van der Waals surface area contributed by atoms with Gasteiger partial charge >= 0.3 is 5.97 Å². The molecule has 1 atom stereocenters. The van der Waals surface area contributed by atoms with E-state index in [0.717, 1.165) is 4.90 Å². The highest BCUT2D eigenvalue weighted by atomic mass is 32.2. The number of aliphatic hydroxyl groups is 1. The van der Waals surface area contributed by atoms with Crippen molar-refractivity contribution < 1.29 is 15.0 Å². The molecule has 5 heteroatoms. The first kappa shape index (κ1) is 17.9. The van der Waals surface area contributed by atoms with Crippen LogP contribution in [0, 0.1) is 0 Å². The predicted molar refractivity (Wildman–Crippen MR) is 105 cm³/mol. The van der Waals surface area contributed by atoms with Gasteiger partial charge in [0.05, 0.1) is 11.7 Å². The average molecular weight is 370 g/mol. The molecule has 128 valence electrons. The van der Waals surface area contributed by atoms with E-state index in [1.165, 1.54) is 22.5 Å². The van der Waals surface area contributed by atoms with Gasteiger partial charge in [0.15, 0.2) is 0 Å². The molecular weight excluding hydrogens is 352 g/mol. The lowest BCUT2D eigenvalue weighted by Crippen LogP contribution is -2.13. The van der Waals surface area contributed by atoms with E-state index in [1.807, 2.05) is 24.3 Å². The molecule has 3 nitrogen and oxygen atoms in total. The maximum atomic E-state index is 11.2. The standard InChI is InChI=1S/C20H18O3S2/c21-15(13-25-19-10-4-3-9-17(19)20(22)23)12-24-18-11-5-7-14-6-1-2-8-16(14)18/h1-11,15,21H,12-13H2,(H,22,23). The van der Waals surface area contributed by atoms with E-state index in [9.17, 15) is 15.0 Å². The second-order valence-corrected chi connectivity index (χ2v) is 7.68. The minimum Gasteiger partial charge on any atom is -0.478 e. The van der Waals surface area contributed by atoms with Gasteiger partial charge < -0.3 is 10.2 Å². The zero-order valence-electron chi connectivity index (χ0n) is 13.5. The zero-order chi connectivity index (χ0) is 17.6. The van der Waals surface area contributed by atoms with Crippen molar-refractivity contribution in [2.45, 2.75) is 15.9 Å². The van der Waals surface area contributed by atoms with Crippen LogP contribution in [0.25, 0.3) is 10.8 Å². The van der Waals surface area contributed by atoms with Gasteiger partial charge in [0.25, 0.3) is 0 Å². The van der Waals surface area contributed by atoms with Gasteiger partial charge in [0.1, 0.15) is 0 Å². The molecule has 0 amide bonds. The summed E-state index contributed by atoms with van der Waals surface area (Å²) < 4.78 is 0. The van der Waals surface area contributed by atoms with Gasteiger partial charge in [-0.05, 0) is 29.0 Å². The molecule has 3 aromatic rings. The molecule has 0 heterocycles. The largest absolute Gasteiger partial charge is 0.478 e. The highest BCUT2D eigenvalue weighted by Crippen LogP contribution is 2.29. The molecule has 0 fully saturated rings. The van der Waals surface area contributed by atoms with Crippen molar-refractivity contribution >= 4 is 40.3 Å². The van der Waals surface area contributed by atoms with Crippen LogP contribution < -0.4 is 0 Å². The van der Waals surface area contributed by atoms with Gasteiger partial charge in [-0.15, -0.1) is 23.5 Å². The minimum absolute atomic E-state index is 0.279. The fourth-order valence-electron chi connectivity index (χ4n) is 2.51. The summed E-state index contributed by atoms with van der Waals surface area (Å²) in [6.45, 7) is 0. The van der Waals surface area contributed by atoms with Crippen molar-refractivity contribution in [2.75, 3.05) is 11.5 Å². The van der Waals surface area contributed by atoms with Crippen molar-refractivity contribution in [1.82, 2.24) is 0 Å². The van der Waals surface area contributed by atoms with Gasteiger partial charge in [-0.1, -0.05) is 48.5 Å². The van der Waals surface area contributed by atoms with Crippen LogP contribution in [0.1, 0.15) is 10.4 Å². The topological polar surface area (TPSA) is 57.5 Å². The maximum absolute atomic E-state index is 11.2. The van der Waals surface area contributed by atoms with Crippen molar-refractivity contribution in [3.63, 3.8) is 0 Å². The van der Waals surface area contributed by atoms with Crippen LogP contribution in [0.4, 0.5) is 0 Å². The number of aliphatic hydroxyl groups excluding tert-OH is 1. The summed E-state index contributed by atoms with van der Waals surface area (Å²) in [7, 11) is 0.